The number of piperazine rings is 1. The lowest BCUT2D eigenvalue weighted by molar-refractivity contribution is 0.0694. The number of carboxylic acids is 1. The molecule has 1 aliphatic heterocycles. The number of ether oxygens (including phenoxy) is 1. The minimum Gasteiger partial charge on any atom is -0.492 e. The van der Waals surface area contributed by atoms with Crippen molar-refractivity contribution in [3.05, 3.63) is 64.0 Å². The van der Waals surface area contributed by atoms with E-state index >= 15 is 4.39 Å². The molecule has 2 fully saturated rings. The van der Waals surface area contributed by atoms with Crippen molar-refractivity contribution >= 4 is 28.3 Å². The molecule has 2 aromatic heterocycles. The van der Waals surface area contributed by atoms with E-state index in [0.29, 0.717) is 37.4 Å². The largest absolute Gasteiger partial charge is 0.492 e. The molecule has 1 N–H and O–H groups in total. The van der Waals surface area contributed by atoms with Crippen molar-refractivity contribution in [1.82, 2.24) is 14.5 Å². The number of aromatic nitrogens is 2. The normalized spacial score (nSPS) is 16.5. The number of carboxylic acid groups (broad SMARTS) is 1. The number of hydrogen-bond donors (Lipinski definition) is 1. The smallest absolute Gasteiger partial charge is 0.341 e. The van der Waals surface area contributed by atoms with E-state index in [4.69, 9.17) is 4.74 Å². The first-order valence-electron chi connectivity index (χ1n) is 11.5. The van der Waals surface area contributed by atoms with Gasteiger partial charge in [0, 0.05) is 44.6 Å². The van der Waals surface area contributed by atoms with Crippen LogP contribution in [0.2, 0.25) is 0 Å². The molecule has 10 heteroatoms. The first-order valence-corrected chi connectivity index (χ1v) is 11.5. The second-order valence-electron chi connectivity index (χ2n) is 8.85. The third kappa shape index (κ3) is 4.25. The third-order valence-electron chi connectivity index (χ3n) is 6.58. The Bertz CT molecular complexity index is 1360. The van der Waals surface area contributed by atoms with Crippen LogP contribution in [0.5, 0.6) is 5.75 Å². The summed E-state index contributed by atoms with van der Waals surface area (Å²) in [4.78, 5) is 45.0. The molecule has 2 aliphatic rings. The minimum absolute atomic E-state index is 0.00510. The zero-order valence-electron chi connectivity index (χ0n) is 19.2. The molecular formula is C25H25FN4O5. The van der Waals surface area contributed by atoms with Crippen molar-refractivity contribution in [3.63, 3.8) is 0 Å². The molecule has 182 valence electrons. The predicted molar refractivity (Wildman–Crippen MR) is 127 cm³/mol. The number of benzene rings is 1. The van der Waals surface area contributed by atoms with Gasteiger partial charge in [0.2, 0.25) is 5.43 Å². The number of anilines is 1. The predicted octanol–water partition coefficient (Wildman–Crippen LogP) is 2.58. The van der Waals surface area contributed by atoms with E-state index in [0.717, 1.165) is 18.9 Å². The van der Waals surface area contributed by atoms with Crippen LogP contribution in [0, 0.1) is 5.82 Å². The minimum atomic E-state index is -1.34. The molecule has 1 saturated carbocycles. The highest BCUT2D eigenvalue weighted by molar-refractivity contribution is 5.97. The number of hydrogen-bond acceptors (Lipinski definition) is 7. The molecular weight excluding hydrogens is 455 g/mol. The standard InChI is InChI=1S/C25H25FN4O5/c1-35-24-21-16(23(32)17(25(33)34)13-30(21)15-5-6-15)12-18(26)22(24)29-10-8-28(9-11-29)14-20(31)19-4-2-3-7-27-19/h2-4,7,12-13,15H,5-6,8-11,14H2,1H3,(H,33,34). The third-order valence-corrected chi connectivity index (χ3v) is 6.58. The van der Waals surface area contributed by atoms with Gasteiger partial charge in [-0.1, -0.05) is 6.07 Å². The average molecular weight is 480 g/mol. The number of methoxy groups -OCH3 is 1. The molecule has 35 heavy (non-hydrogen) atoms. The van der Waals surface area contributed by atoms with Gasteiger partial charge in [0.15, 0.2) is 17.3 Å². The molecule has 3 heterocycles. The van der Waals surface area contributed by atoms with Gasteiger partial charge in [-0.3, -0.25) is 19.5 Å². The van der Waals surface area contributed by atoms with E-state index < -0.39 is 17.2 Å². The van der Waals surface area contributed by atoms with Gasteiger partial charge >= 0.3 is 5.97 Å². The molecule has 3 aromatic rings. The average Bonchev–Trinajstić information content (AvgIpc) is 3.70. The van der Waals surface area contributed by atoms with E-state index in [-0.39, 0.29) is 40.8 Å². The van der Waals surface area contributed by atoms with Crippen LogP contribution in [0.25, 0.3) is 10.9 Å². The number of Topliss-reactive ketones (excluding diaryl/α,β-unsaturated/α-hetero) is 1. The Hall–Kier alpha value is -3.79. The Labute approximate surface area is 200 Å². The molecule has 0 atom stereocenters. The van der Waals surface area contributed by atoms with E-state index in [1.807, 2.05) is 9.80 Å². The summed E-state index contributed by atoms with van der Waals surface area (Å²) in [6.45, 7) is 2.20. The number of fused-ring (bicyclic) bond motifs is 1. The van der Waals surface area contributed by atoms with Gasteiger partial charge in [-0.2, -0.15) is 0 Å². The van der Waals surface area contributed by atoms with Gasteiger partial charge in [0.05, 0.1) is 24.6 Å². The van der Waals surface area contributed by atoms with Crippen LogP contribution in [-0.4, -0.2) is 71.1 Å². The fraction of sp³-hybridized carbons (Fsp3) is 0.360. The number of halogens is 1. The number of carbonyl (C=O) groups is 2. The number of aromatic carboxylic acids is 1. The van der Waals surface area contributed by atoms with Crippen molar-refractivity contribution in [2.45, 2.75) is 18.9 Å². The molecule has 1 aromatic carbocycles. The first-order chi connectivity index (χ1) is 16.9. The molecule has 5 rings (SSSR count). The maximum absolute atomic E-state index is 15.4. The molecule has 0 amide bonds. The summed E-state index contributed by atoms with van der Waals surface area (Å²) in [5.41, 5.74) is -0.0477. The number of carbonyl (C=O) groups excluding carboxylic acids is 1. The van der Waals surface area contributed by atoms with Crippen molar-refractivity contribution in [2.75, 3.05) is 44.7 Å². The fourth-order valence-corrected chi connectivity index (χ4v) is 4.67. The van der Waals surface area contributed by atoms with Crippen molar-refractivity contribution in [1.29, 1.82) is 0 Å². The van der Waals surface area contributed by atoms with Crippen molar-refractivity contribution in [2.24, 2.45) is 0 Å². The Kier molecular flexibility index (Phi) is 5.98. The number of pyridine rings is 2. The van der Waals surface area contributed by atoms with Gasteiger partial charge in [0.25, 0.3) is 0 Å². The van der Waals surface area contributed by atoms with E-state index in [1.54, 1.807) is 29.0 Å². The van der Waals surface area contributed by atoms with Crippen LogP contribution in [0.4, 0.5) is 10.1 Å². The SMILES string of the molecule is COc1c(N2CCN(CC(=O)c3ccccn3)CC2)c(F)cc2c(=O)c(C(=O)O)cn(C3CC3)c12. The summed E-state index contributed by atoms with van der Waals surface area (Å²) in [5, 5.41) is 9.48. The second kappa shape index (κ2) is 9.10. The van der Waals surface area contributed by atoms with Gasteiger partial charge < -0.3 is 19.3 Å². The van der Waals surface area contributed by atoms with Crippen LogP contribution in [0.1, 0.15) is 39.7 Å². The lowest BCUT2D eigenvalue weighted by Crippen LogP contribution is -2.48. The van der Waals surface area contributed by atoms with Crippen LogP contribution < -0.4 is 15.1 Å². The quantitative estimate of drug-likeness (QED) is 0.515. The maximum Gasteiger partial charge on any atom is 0.341 e. The highest BCUT2D eigenvalue weighted by Gasteiger charge is 2.32. The Balaban J connectivity index is 1.46. The number of nitrogens with zero attached hydrogens (tertiary/aromatic N) is 4. The number of rotatable bonds is 7. The summed E-state index contributed by atoms with van der Waals surface area (Å²) in [7, 11) is 1.42. The Morgan fingerprint density at radius 3 is 2.54 bits per heavy atom. The Morgan fingerprint density at radius 2 is 1.94 bits per heavy atom. The molecule has 1 aliphatic carbocycles. The highest BCUT2D eigenvalue weighted by Crippen LogP contribution is 2.43. The number of ketones is 1. The van der Waals surface area contributed by atoms with Gasteiger partial charge in [-0.15, -0.1) is 0 Å². The summed E-state index contributed by atoms with van der Waals surface area (Å²) >= 11 is 0. The zero-order valence-corrected chi connectivity index (χ0v) is 19.2. The lowest BCUT2D eigenvalue weighted by atomic mass is 10.1. The van der Waals surface area contributed by atoms with Gasteiger partial charge in [0.1, 0.15) is 16.9 Å². The van der Waals surface area contributed by atoms with Gasteiger partial charge in [-0.25, -0.2) is 9.18 Å². The van der Waals surface area contributed by atoms with E-state index in [2.05, 4.69) is 4.98 Å². The van der Waals surface area contributed by atoms with E-state index in [1.165, 1.54) is 13.3 Å². The summed E-state index contributed by atoms with van der Waals surface area (Å²) in [6.07, 6.45) is 4.61. The molecule has 9 nitrogen and oxygen atoms in total. The first kappa shape index (κ1) is 23.0. The second-order valence-corrected chi connectivity index (χ2v) is 8.85. The molecule has 1 saturated heterocycles. The van der Waals surface area contributed by atoms with Crippen molar-refractivity contribution < 1.29 is 23.8 Å². The van der Waals surface area contributed by atoms with Crippen LogP contribution >= 0.6 is 0 Å². The lowest BCUT2D eigenvalue weighted by Gasteiger charge is -2.36. The maximum atomic E-state index is 15.4. The monoisotopic (exact) mass is 480 g/mol. The van der Waals surface area contributed by atoms with Crippen LogP contribution in [0.3, 0.4) is 0 Å². The summed E-state index contributed by atoms with van der Waals surface area (Å²) < 4.78 is 22.8. The fourth-order valence-electron chi connectivity index (χ4n) is 4.67. The van der Waals surface area contributed by atoms with Gasteiger partial charge in [-0.05, 0) is 31.0 Å². The zero-order chi connectivity index (χ0) is 24.7. The molecule has 0 radical (unpaired) electrons. The van der Waals surface area contributed by atoms with Crippen molar-refractivity contribution in [3.8, 4) is 5.75 Å². The van der Waals surface area contributed by atoms with Crippen LogP contribution in [-0.2, 0) is 0 Å². The molecule has 0 unspecified atom stereocenters. The Morgan fingerprint density at radius 1 is 1.20 bits per heavy atom. The molecule has 0 bridgehead atoms. The molecule has 0 spiro atoms. The van der Waals surface area contributed by atoms with Crippen LogP contribution in [0.15, 0.2) is 41.5 Å². The summed E-state index contributed by atoms with van der Waals surface area (Å²) in [5.74, 6) is -1.84. The topological polar surface area (TPSA) is 105 Å². The van der Waals surface area contributed by atoms with E-state index in [9.17, 15) is 19.5 Å². The highest BCUT2D eigenvalue weighted by atomic mass is 19.1. The summed E-state index contributed by atoms with van der Waals surface area (Å²) in [6, 6.07) is 6.37.